The van der Waals surface area contributed by atoms with E-state index in [0.29, 0.717) is 12.4 Å². The molecule has 0 aliphatic heterocycles. The second-order valence-electron chi connectivity index (χ2n) is 4.95. The van der Waals surface area contributed by atoms with Crippen LogP contribution < -0.4 is 5.32 Å². The second kappa shape index (κ2) is 6.17. The molecule has 0 fully saturated rings. The van der Waals surface area contributed by atoms with Gasteiger partial charge in [0.15, 0.2) is 5.69 Å². The number of aromatic carboxylic acids is 1. The first kappa shape index (κ1) is 13.9. The van der Waals surface area contributed by atoms with E-state index < -0.39 is 5.97 Å². The van der Waals surface area contributed by atoms with Crippen LogP contribution in [0, 0.1) is 0 Å². The largest absolute Gasteiger partial charge is 0.476 e. The van der Waals surface area contributed by atoms with Gasteiger partial charge in [-0.1, -0.05) is 0 Å². The third-order valence-electron chi connectivity index (χ3n) is 3.41. The van der Waals surface area contributed by atoms with Crippen LogP contribution in [0.5, 0.6) is 0 Å². The Kier molecular flexibility index (Phi) is 4.10. The fourth-order valence-electron chi connectivity index (χ4n) is 2.34. The van der Waals surface area contributed by atoms with Crippen molar-refractivity contribution in [3.8, 4) is 0 Å². The molecule has 2 aromatic rings. The van der Waals surface area contributed by atoms with E-state index in [0.717, 1.165) is 17.8 Å². The van der Waals surface area contributed by atoms with Gasteiger partial charge < -0.3 is 10.4 Å². The minimum Gasteiger partial charge on any atom is -0.476 e. The number of aromatic nitrogens is 3. The fraction of sp³-hybridized carbons (Fsp3) is 0.429. The molecule has 21 heavy (non-hydrogen) atoms. The smallest absolute Gasteiger partial charge is 0.356 e. The molecule has 0 spiro atoms. The minimum atomic E-state index is -1.07. The summed E-state index contributed by atoms with van der Waals surface area (Å²) in [6.07, 6.45) is 8.35. The lowest BCUT2D eigenvalue weighted by Crippen LogP contribution is -2.08. The number of nitrogens with zero attached hydrogens (tertiary/aromatic N) is 3. The Bertz CT molecular complexity index is 615. The van der Waals surface area contributed by atoms with Gasteiger partial charge >= 0.3 is 5.97 Å². The highest BCUT2D eigenvalue weighted by Gasteiger charge is 2.14. The van der Waals surface area contributed by atoms with E-state index >= 15 is 0 Å². The zero-order valence-electron chi connectivity index (χ0n) is 11.5. The minimum absolute atomic E-state index is 0.0480. The van der Waals surface area contributed by atoms with Gasteiger partial charge in [0.1, 0.15) is 5.82 Å². The molecular weight excluding hydrogens is 288 g/mol. The van der Waals surface area contributed by atoms with Gasteiger partial charge in [-0.25, -0.2) is 19.7 Å². The van der Waals surface area contributed by atoms with Gasteiger partial charge in [0.2, 0.25) is 0 Å². The highest BCUT2D eigenvalue weighted by Crippen LogP contribution is 2.26. The summed E-state index contributed by atoms with van der Waals surface area (Å²) >= 11 is 1.81. The van der Waals surface area contributed by atoms with Crippen molar-refractivity contribution in [1.29, 1.82) is 0 Å². The Morgan fingerprint density at radius 2 is 2.14 bits per heavy atom. The van der Waals surface area contributed by atoms with Crippen LogP contribution in [0.4, 0.5) is 5.82 Å². The summed E-state index contributed by atoms with van der Waals surface area (Å²) in [7, 11) is 0. The first-order chi connectivity index (χ1) is 10.2. The number of hydrogen-bond acceptors (Lipinski definition) is 6. The molecule has 0 saturated heterocycles. The molecule has 0 atom stereocenters. The summed E-state index contributed by atoms with van der Waals surface area (Å²) in [6, 6.07) is 0. The molecule has 3 rings (SSSR count). The highest BCUT2D eigenvalue weighted by atomic mass is 32.1. The van der Waals surface area contributed by atoms with Crippen LogP contribution in [0.3, 0.4) is 0 Å². The third kappa shape index (κ3) is 3.36. The first-order valence-electron chi connectivity index (χ1n) is 6.99. The second-order valence-corrected chi connectivity index (χ2v) is 6.12. The number of anilines is 1. The van der Waals surface area contributed by atoms with E-state index in [1.807, 2.05) is 11.3 Å². The van der Waals surface area contributed by atoms with Crippen molar-refractivity contribution in [2.75, 3.05) is 11.9 Å². The molecule has 6 nitrogen and oxygen atoms in total. The normalized spacial score (nSPS) is 13.7. The molecule has 0 unspecified atom stereocenters. The number of carboxylic acids is 1. The molecule has 2 aromatic heterocycles. The zero-order chi connectivity index (χ0) is 14.7. The molecule has 0 radical (unpaired) electrons. The van der Waals surface area contributed by atoms with E-state index in [9.17, 15) is 4.79 Å². The molecule has 0 saturated carbocycles. The Hall–Kier alpha value is -2.02. The Balaban J connectivity index is 1.53. The van der Waals surface area contributed by atoms with Gasteiger partial charge in [-0.2, -0.15) is 0 Å². The standard InChI is InChI=1S/C14H16N4O2S/c19-14(20)10-7-17-12(8-16-10)15-6-5-13-18-9-3-1-2-4-11(9)21-13/h7-8H,1-6H2,(H,15,17)(H,19,20). The molecular formula is C14H16N4O2S. The number of aryl methyl sites for hydroxylation is 2. The number of nitrogens with one attached hydrogen (secondary N) is 1. The molecule has 0 bridgehead atoms. The Morgan fingerprint density at radius 3 is 2.86 bits per heavy atom. The molecule has 110 valence electrons. The van der Waals surface area contributed by atoms with Crippen LogP contribution in [0.25, 0.3) is 0 Å². The van der Waals surface area contributed by atoms with Crippen LogP contribution in [0.15, 0.2) is 12.4 Å². The number of carbonyl (C=O) groups is 1. The van der Waals surface area contributed by atoms with Crippen LogP contribution >= 0.6 is 11.3 Å². The summed E-state index contributed by atoms with van der Waals surface area (Å²) in [6.45, 7) is 0.716. The van der Waals surface area contributed by atoms with Gasteiger partial charge in [-0.3, -0.25) is 0 Å². The van der Waals surface area contributed by atoms with Crippen molar-refractivity contribution in [3.63, 3.8) is 0 Å². The highest BCUT2D eigenvalue weighted by molar-refractivity contribution is 7.11. The number of fused-ring (bicyclic) bond motifs is 1. The quantitative estimate of drug-likeness (QED) is 0.880. The summed E-state index contributed by atoms with van der Waals surface area (Å²) in [4.78, 5) is 24.7. The molecule has 2 heterocycles. The maximum Gasteiger partial charge on any atom is 0.356 e. The van der Waals surface area contributed by atoms with E-state index in [1.165, 1.54) is 42.2 Å². The van der Waals surface area contributed by atoms with Gasteiger partial charge in [0.05, 0.1) is 23.1 Å². The summed E-state index contributed by atoms with van der Waals surface area (Å²) in [5, 5.41) is 13.0. The number of hydrogen-bond donors (Lipinski definition) is 2. The molecule has 1 aliphatic rings. The fourth-order valence-corrected chi connectivity index (χ4v) is 3.50. The van der Waals surface area contributed by atoms with Gasteiger partial charge in [0.25, 0.3) is 0 Å². The Labute approximate surface area is 126 Å². The summed E-state index contributed by atoms with van der Waals surface area (Å²) in [5.74, 6) is -0.483. The monoisotopic (exact) mass is 304 g/mol. The van der Waals surface area contributed by atoms with Crippen LogP contribution in [0.2, 0.25) is 0 Å². The Morgan fingerprint density at radius 1 is 1.29 bits per heavy atom. The summed E-state index contributed by atoms with van der Waals surface area (Å²) in [5.41, 5.74) is 1.24. The number of rotatable bonds is 5. The van der Waals surface area contributed by atoms with E-state index in [1.54, 1.807) is 0 Å². The molecule has 0 amide bonds. The van der Waals surface area contributed by atoms with Crippen molar-refractivity contribution in [1.82, 2.24) is 15.0 Å². The van der Waals surface area contributed by atoms with E-state index in [2.05, 4.69) is 20.3 Å². The maximum absolute atomic E-state index is 10.7. The van der Waals surface area contributed by atoms with Gasteiger partial charge in [-0.15, -0.1) is 11.3 Å². The van der Waals surface area contributed by atoms with Crippen molar-refractivity contribution in [2.24, 2.45) is 0 Å². The van der Waals surface area contributed by atoms with Crippen LogP contribution in [-0.2, 0) is 19.3 Å². The van der Waals surface area contributed by atoms with Crippen LogP contribution in [0.1, 0.15) is 38.9 Å². The van der Waals surface area contributed by atoms with Crippen molar-refractivity contribution < 1.29 is 9.90 Å². The van der Waals surface area contributed by atoms with E-state index in [4.69, 9.17) is 5.11 Å². The third-order valence-corrected chi connectivity index (χ3v) is 4.62. The summed E-state index contributed by atoms with van der Waals surface area (Å²) < 4.78 is 0. The average Bonchev–Trinajstić information content (AvgIpc) is 2.90. The SMILES string of the molecule is O=C(O)c1cnc(NCCc2nc3c(s2)CCCC3)cn1. The maximum atomic E-state index is 10.7. The molecule has 7 heteroatoms. The lowest BCUT2D eigenvalue weighted by Gasteiger charge is -2.06. The van der Waals surface area contributed by atoms with Gasteiger partial charge in [-0.05, 0) is 25.7 Å². The lowest BCUT2D eigenvalue weighted by atomic mass is 10.0. The van der Waals surface area contributed by atoms with Crippen LogP contribution in [-0.4, -0.2) is 32.6 Å². The van der Waals surface area contributed by atoms with Crippen molar-refractivity contribution >= 4 is 23.1 Å². The predicted octanol–water partition coefficient (Wildman–Crippen LogP) is 2.16. The van der Waals surface area contributed by atoms with E-state index in [-0.39, 0.29) is 5.69 Å². The number of thiazole rings is 1. The molecule has 1 aliphatic carbocycles. The average molecular weight is 304 g/mol. The molecule has 2 N–H and O–H groups in total. The van der Waals surface area contributed by atoms with Gasteiger partial charge in [0, 0.05) is 17.8 Å². The topological polar surface area (TPSA) is 88.0 Å². The van der Waals surface area contributed by atoms with Crippen molar-refractivity contribution in [3.05, 3.63) is 33.7 Å². The zero-order valence-corrected chi connectivity index (χ0v) is 12.3. The predicted molar refractivity (Wildman–Crippen MR) is 79.9 cm³/mol. The molecule has 0 aromatic carbocycles. The lowest BCUT2D eigenvalue weighted by molar-refractivity contribution is 0.0690. The van der Waals surface area contributed by atoms with Crippen molar-refractivity contribution in [2.45, 2.75) is 32.1 Å². The number of carboxylic acid groups (broad SMARTS) is 1. The first-order valence-corrected chi connectivity index (χ1v) is 7.80.